The van der Waals surface area contributed by atoms with Crippen LogP contribution in [0.4, 0.5) is 5.69 Å². The Kier molecular flexibility index (Phi) is 3.90. The van der Waals surface area contributed by atoms with Gasteiger partial charge < -0.3 is 5.32 Å². The number of nitrogens with zero attached hydrogens (tertiary/aromatic N) is 4. The van der Waals surface area contributed by atoms with Gasteiger partial charge in [0.2, 0.25) is 5.91 Å². The van der Waals surface area contributed by atoms with Crippen molar-refractivity contribution >= 4 is 23.2 Å². The molecule has 2 rings (SSSR count). The SMILES string of the molecule is Cc1nn(CCC(=O)Nc2cnn(C)c2C)cc1Cl. The van der Waals surface area contributed by atoms with Crippen LogP contribution in [0.5, 0.6) is 0 Å². The van der Waals surface area contributed by atoms with Crippen LogP contribution in [0.2, 0.25) is 5.02 Å². The van der Waals surface area contributed by atoms with Gasteiger partial charge in [-0.1, -0.05) is 11.6 Å². The van der Waals surface area contributed by atoms with E-state index < -0.39 is 0 Å². The van der Waals surface area contributed by atoms with Crippen LogP contribution in [0.15, 0.2) is 12.4 Å². The molecule has 7 heteroatoms. The Morgan fingerprint density at radius 1 is 1.47 bits per heavy atom. The molecule has 0 spiro atoms. The summed E-state index contributed by atoms with van der Waals surface area (Å²) in [5, 5.41) is 11.7. The Hall–Kier alpha value is -1.82. The Labute approximate surface area is 116 Å². The molecular formula is C12H16ClN5O. The third kappa shape index (κ3) is 3.14. The minimum atomic E-state index is -0.0691. The quantitative estimate of drug-likeness (QED) is 0.931. The first-order valence-corrected chi connectivity index (χ1v) is 6.33. The molecule has 0 aliphatic rings. The smallest absolute Gasteiger partial charge is 0.226 e. The fourth-order valence-corrected chi connectivity index (χ4v) is 1.81. The minimum absolute atomic E-state index is 0.0691. The molecule has 19 heavy (non-hydrogen) atoms. The first-order chi connectivity index (χ1) is 8.97. The van der Waals surface area contributed by atoms with Crippen LogP contribution in [0.3, 0.4) is 0 Å². The first-order valence-electron chi connectivity index (χ1n) is 5.95. The Balaban J connectivity index is 1.90. The summed E-state index contributed by atoms with van der Waals surface area (Å²) in [6.07, 6.45) is 3.70. The summed E-state index contributed by atoms with van der Waals surface area (Å²) in [5.41, 5.74) is 2.43. The van der Waals surface area contributed by atoms with Gasteiger partial charge in [0, 0.05) is 26.2 Å². The summed E-state index contributed by atoms with van der Waals surface area (Å²) in [6, 6.07) is 0. The molecule has 2 aromatic heterocycles. The maximum Gasteiger partial charge on any atom is 0.226 e. The van der Waals surface area contributed by atoms with Crippen LogP contribution >= 0.6 is 11.6 Å². The number of aromatic nitrogens is 4. The van der Waals surface area contributed by atoms with Crippen molar-refractivity contribution in [3.8, 4) is 0 Å². The highest BCUT2D eigenvalue weighted by Gasteiger charge is 2.09. The third-order valence-corrected chi connectivity index (χ3v) is 3.33. The fraction of sp³-hybridized carbons (Fsp3) is 0.417. The molecule has 0 atom stereocenters. The van der Waals surface area contributed by atoms with Gasteiger partial charge in [-0.2, -0.15) is 10.2 Å². The highest BCUT2D eigenvalue weighted by molar-refractivity contribution is 6.31. The minimum Gasteiger partial charge on any atom is -0.323 e. The van der Waals surface area contributed by atoms with E-state index >= 15 is 0 Å². The molecule has 2 aromatic rings. The molecule has 0 aliphatic carbocycles. The van der Waals surface area contributed by atoms with Gasteiger partial charge in [-0.3, -0.25) is 14.2 Å². The van der Waals surface area contributed by atoms with Crippen LogP contribution in [0.1, 0.15) is 17.8 Å². The molecule has 1 amide bonds. The van der Waals surface area contributed by atoms with Crippen molar-refractivity contribution in [2.24, 2.45) is 7.05 Å². The number of halogens is 1. The normalized spacial score (nSPS) is 10.7. The highest BCUT2D eigenvalue weighted by atomic mass is 35.5. The van der Waals surface area contributed by atoms with Gasteiger partial charge in [0.25, 0.3) is 0 Å². The van der Waals surface area contributed by atoms with Crippen molar-refractivity contribution in [1.82, 2.24) is 19.6 Å². The van der Waals surface area contributed by atoms with Crippen molar-refractivity contribution < 1.29 is 4.79 Å². The lowest BCUT2D eigenvalue weighted by atomic mass is 10.3. The number of carbonyl (C=O) groups excluding carboxylic acids is 1. The van der Waals surface area contributed by atoms with E-state index in [0.717, 1.165) is 17.1 Å². The number of amides is 1. The number of rotatable bonds is 4. The molecule has 2 heterocycles. The molecule has 6 nitrogen and oxygen atoms in total. The summed E-state index contributed by atoms with van der Waals surface area (Å²) in [6.45, 7) is 4.23. The maximum absolute atomic E-state index is 11.8. The van der Waals surface area contributed by atoms with Crippen LogP contribution in [0.25, 0.3) is 0 Å². The molecule has 0 aromatic carbocycles. The lowest BCUT2D eigenvalue weighted by molar-refractivity contribution is -0.116. The van der Waals surface area contributed by atoms with E-state index in [9.17, 15) is 4.79 Å². The largest absolute Gasteiger partial charge is 0.323 e. The Bertz CT molecular complexity index is 582. The molecule has 0 radical (unpaired) electrons. The second-order valence-electron chi connectivity index (χ2n) is 4.39. The van der Waals surface area contributed by atoms with Crippen molar-refractivity contribution in [1.29, 1.82) is 0 Å². The van der Waals surface area contributed by atoms with E-state index in [2.05, 4.69) is 15.5 Å². The van der Waals surface area contributed by atoms with Crippen molar-refractivity contribution in [3.63, 3.8) is 0 Å². The van der Waals surface area contributed by atoms with Gasteiger partial charge in [-0.15, -0.1) is 0 Å². The van der Waals surface area contributed by atoms with Crippen LogP contribution in [-0.4, -0.2) is 25.5 Å². The van der Waals surface area contributed by atoms with Gasteiger partial charge in [-0.25, -0.2) is 0 Å². The maximum atomic E-state index is 11.8. The van der Waals surface area contributed by atoms with E-state index in [4.69, 9.17) is 11.6 Å². The summed E-state index contributed by atoms with van der Waals surface area (Å²) in [7, 11) is 1.83. The monoisotopic (exact) mass is 281 g/mol. The third-order valence-electron chi connectivity index (χ3n) is 2.96. The van der Waals surface area contributed by atoms with Gasteiger partial charge >= 0.3 is 0 Å². The number of carbonyl (C=O) groups is 1. The number of hydrogen-bond donors (Lipinski definition) is 1. The fourth-order valence-electron chi connectivity index (χ4n) is 1.66. The number of hydrogen-bond acceptors (Lipinski definition) is 3. The van der Waals surface area contributed by atoms with Gasteiger partial charge in [0.15, 0.2) is 0 Å². The molecule has 0 bridgehead atoms. The molecule has 1 N–H and O–H groups in total. The van der Waals surface area contributed by atoms with Crippen molar-refractivity contribution in [2.45, 2.75) is 26.8 Å². The van der Waals surface area contributed by atoms with E-state index in [-0.39, 0.29) is 5.91 Å². The van der Waals surface area contributed by atoms with E-state index in [1.54, 1.807) is 21.8 Å². The van der Waals surface area contributed by atoms with Gasteiger partial charge in [-0.05, 0) is 13.8 Å². The highest BCUT2D eigenvalue weighted by Crippen LogP contribution is 2.14. The lowest BCUT2D eigenvalue weighted by Gasteiger charge is -2.04. The second kappa shape index (κ2) is 5.44. The summed E-state index contributed by atoms with van der Waals surface area (Å²) in [4.78, 5) is 11.8. The molecule has 0 saturated heterocycles. The number of aryl methyl sites for hydroxylation is 3. The van der Waals surface area contributed by atoms with E-state index in [1.165, 1.54) is 0 Å². The van der Waals surface area contributed by atoms with Gasteiger partial charge in [0.05, 0.1) is 28.3 Å². The average molecular weight is 282 g/mol. The number of nitrogens with one attached hydrogen (secondary N) is 1. The standard InChI is InChI=1S/C12H16ClN5O/c1-8-10(13)7-18(16-8)5-4-12(19)15-11-6-14-17(3)9(11)2/h6-7H,4-5H2,1-3H3,(H,15,19). The molecular weight excluding hydrogens is 266 g/mol. The predicted molar refractivity (Wildman–Crippen MR) is 73.2 cm³/mol. The average Bonchev–Trinajstić information content (AvgIpc) is 2.84. The van der Waals surface area contributed by atoms with Crippen LogP contribution < -0.4 is 5.32 Å². The van der Waals surface area contributed by atoms with E-state index in [1.807, 2.05) is 20.9 Å². The van der Waals surface area contributed by atoms with Crippen molar-refractivity contribution in [2.75, 3.05) is 5.32 Å². The molecule has 0 saturated carbocycles. The predicted octanol–water partition coefficient (Wildman–Crippen LogP) is 1.92. The molecule has 0 unspecified atom stereocenters. The zero-order chi connectivity index (χ0) is 14.0. The summed E-state index contributed by atoms with van der Waals surface area (Å²) >= 11 is 5.90. The van der Waals surface area contributed by atoms with E-state index in [0.29, 0.717) is 18.0 Å². The first kappa shape index (κ1) is 13.6. The zero-order valence-electron chi connectivity index (χ0n) is 11.1. The summed E-state index contributed by atoms with van der Waals surface area (Å²) in [5.74, 6) is -0.0691. The Morgan fingerprint density at radius 2 is 2.21 bits per heavy atom. The van der Waals surface area contributed by atoms with Crippen LogP contribution in [-0.2, 0) is 18.4 Å². The second-order valence-corrected chi connectivity index (χ2v) is 4.80. The Morgan fingerprint density at radius 3 is 2.74 bits per heavy atom. The van der Waals surface area contributed by atoms with Crippen molar-refractivity contribution in [3.05, 3.63) is 28.8 Å². The zero-order valence-corrected chi connectivity index (χ0v) is 11.9. The van der Waals surface area contributed by atoms with Gasteiger partial charge in [0.1, 0.15) is 0 Å². The lowest BCUT2D eigenvalue weighted by Crippen LogP contribution is -2.15. The number of anilines is 1. The topological polar surface area (TPSA) is 64.7 Å². The summed E-state index contributed by atoms with van der Waals surface area (Å²) < 4.78 is 3.39. The molecule has 102 valence electrons. The van der Waals surface area contributed by atoms with Crippen LogP contribution in [0, 0.1) is 13.8 Å². The molecule has 0 fully saturated rings. The molecule has 0 aliphatic heterocycles.